The first-order valence-electron chi connectivity index (χ1n) is 5.68. The minimum atomic E-state index is 0.835. The quantitative estimate of drug-likeness (QED) is 0.789. The maximum atomic E-state index is 4.86. The highest BCUT2D eigenvalue weighted by Crippen LogP contribution is 2.20. The maximum Gasteiger partial charge on any atom is 0.0788 e. The van der Waals surface area contributed by atoms with Crippen LogP contribution in [0, 0.1) is 0 Å². The highest BCUT2D eigenvalue weighted by Gasteiger charge is 1.99. The first-order valence-corrected chi connectivity index (χ1v) is 6.47. The van der Waals surface area contributed by atoms with Gasteiger partial charge in [-0.05, 0) is 36.3 Å². The number of nitrogens with zero attached hydrogens (tertiary/aromatic N) is 1. The van der Waals surface area contributed by atoms with Gasteiger partial charge in [-0.3, -0.25) is 4.98 Å². The average molecular weight is 304 g/mol. The number of halogens is 1. The fourth-order valence-corrected chi connectivity index (χ4v) is 1.88. The van der Waals surface area contributed by atoms with E-state index in [2.05, 4.69) is 39.1 Å². The molecular weight excluding hydrogens is 290 g/mol. The van der Waals surface area contributed by atoms with E-state index in [4.69, 9.17) is 4.74 Å². The van der Waals surface area contributed by atoms with Crippen LogP contribution in [0.2, 0.25) is 0 Å². The van der Waals surface area contributed by atoms with Crippen molar-refractivity contribution in [1.29, 1.82) is 0 Å². The summed E-state index contributed by atoms with van der Waals surface area (Å²) in [5, 5.41) is 0. The monoisotopic (exact) mass is 303 g/mol. The molecule has 1 aromatic carbocycles. The van der Waals surface area contributed by atoms with Gasteiger partial charge in [0.25, 0.3) is 0 Å². The van der Waals surface area contributed by atoms with E-state index in [0.717, 1.165) is 22.2 Å². The van der Waals surface area contributed by atoms with Gasteiger partial charge in [0.05, 0.1) is 19.1 Å². The van der Waals surface area contributed by atoms with Gasteiger partial charge in [0.2, 0.25) is 0 Å². The number of benzene rings is 1. The van der Waals surface area contributed by atoms with Crippen LogP contribution in [0.25, 0.3) is 11.3 Å². The van der Waals surface area contributed by atoms with E-state index in [9.17, 15) is 0 Å². The molecule has 0 aliphatic heterocycles. The van der Waals surface area contributed by atoms with Crippen molar-refractivity contribution >= 4 is 15.9 Å². The zero-order valence-corrected chi connectivity index (χ0v) is 11.7. The van der Waals surface area contributed by atoms with E-state index in [1.54, 1.807) is 13.4 Å². The Balaban J connectivity index is 2.12. The minimum absolute atomic E-state index is 0.835. The molecule has 0 radical (unpaired) electrons. The van der Waals surface area contributed by atoms with E-state index in [1.165, 1.54) is 5.56 Å². The second-order valence-electron chi connectivity index (χ2n) is 3.87. The van der Waals surface area contributed by atoms with E-state index < -0.39 is 0 Å². The summed E-state index contributed by atoms with van der Waals surface area (Å²) >= 11 is 3.42. The lowest BCUT2D eigenvalue weighted by Crippen LogP contribution is -1.87. The number of hydrogen-bond acceptors (Lipinski definition) is 2. The topological polar surface area (TPSA) is 22.1 Å². The summed E-state index contributed by atoms with van der Waals surface area (Å²) in [7, 11) is 1.64. The van der Waals surface area contributed by atoms with Gasteiger partial charge in [0.15, 0.2) is 0 Å². The van der Waals surface area contributed by atoms with Crippen molar-refractivity contribution in [3.8, 4) is 11.3 Å². The summed E-state index contributed by atoms with van der Waals surface area (Å²) in [5.74, 6) is 0. The van der Waals surface area contributed by atoms with Crippen molar-refractivity contribution in [3.05, 3.63) is 65.0 Å². The number of pyridine rings is 1. The lowest BCUT2D eigenvalue weighted by atomic mass is 10.1. The third-order valence-electron chi connectivity index (χ3n) is 2.55. The van der Waals surface area contributed by atoms with Crippen LogP contribution < -0.4 is 0 Å². The van der Waals surface area contributed by atoms with Gasteiger partial charge >= 0.3 is 0 Å². The van der Waals surface area contributed by atoms with Crippen molar-refractivity contribution in [2.24, 2.45) is 0 Å². The Morgan fingerprint density at radius 2 is 1.94 bits per heavy atom. The molecule has 0 atom stereocenters. The summed E-state index contributed by atoms with van der Waals surface area (Å²) in [6.45, 7) is 0. The predicted molar refractivity (Wildman–Crippen MR) is 77.2 cm³/mol. The molecule has 18 heavy (non-hydrogen) atoms. The van der Waals surface area contributed by atoms with E-state index in [-0.39, 0.29) is 0 Å². The van der Waals surface area contributed by atoms with Crippen molar-refractivity contribution in [1.82, 2.24) is 4.98 Å². The Kier molecular flexibility index (Phi) is 4.53. The van der Waals surface area contributed by atoms with Gasteiger partial charge in [-0.2, -0.15) is 0 Å². The Morgan fingerprint density at radius 3 is 2.56 bits per heavy atom. The SMILES string of the molecule is COC=CCc1ccc(-c2ccc(Br)cc2)nc1. The number of ether oxygens (including phenoxy) is 1. The van der Waals surface area contributed by atoms with Gasteiger partial charge in [0, 0.05) is 16.2 Å². The molecule has 0 unspecified atom stereocenters. The summed E-state index contributed by atoms with van der Waals surface area (Å²) in [6.07, 6.45) is 6.39. The van der Waals surface area contributed by atoms with Crippen LogP contribution in [0.5, 0.6) is 0 Å². The zero-order chi connectivity index (χ0) is 12.8. The molecular formula is C15H14BrNO. The minimum Gasteiger partial charge on any atom is -0.505 e. The van der Waals surface area contributed by atoms with Crippen LogP contribution >= 0.6 is 15.9 Å². The number of hydrogen-bond donors (Lipinski definition) is 0. The lowest BCUT2D eigenvalue weighted by molar-refractivity contribution is 0.337. The van der Waals surface area contributed by atoms with E-state index in [1.807, 2.05) is 30.5 Å². The molecule has 1 aromatic heterocycles. The van der Waals surface area contributed by atoms with Gasteiger partial charge in [-0.1, -0.05) is 34.1 Å². The number of aromatic nitrogens is 1. The molecule has 3 heteroatoms. The third-order valence-corrected chi connectivity index (χ3v) is 3.08. The molecule has 2 rings (SSSR count). The lowest BCUT2D eigenvalue weighted by Gasteiger charge is -2.02. The highest BCUT2D eigenvalue weighted by atomic mass is 79.9. The van der Waals surface area contributed by atoms with Crippen LogP contribution in [0.15, 0.2) is 59.4 Å². The molecule has 0 N–H and O–H groups in total. The van der Waals surface area contributed by atoms with E-state index >= 15 is 0 Å². The Labute approximate surface area is 115 Å². The van der Waals surface area contributed by atoms with Crippen molar-refractivity contribution in [2.75, 3.05) is 7.11 Å². The Bertz CT molecular complexity index is 517. The molecule has 0 spiro atoms. The van der Waals surface area contributed by atoms with Gasteiger partial charge in [0.1, 0.15) is 0 Å². The summed E-state index contributed by atoms with van der Waals surface area (Å²) in [5.41, 5.74) is 3.28. The molecule has 2 aromatic rings. The average Bonchev–Trinajstić information content (AvgIpc) is 2.41. The molecule has 0 bridgehead atoms. The molecule has 92 valence electrons. The molecule has 0 saturated heterocycles. The first-order chi connectivity index (χ1) is 8.79. The Morgan fingerprint density at radius 1 is 1.17 bits per heavy atom. The molecule has 0 aliphatic rings. The van der Waals surface area contributed by atoms with Crippen LogP contribution in [0.3, 0.4) is 0 Å². The first kappa shape index (κ1) is 12.8. The van der Waals surface area contributed by atoms with Gasteiger partial charge in [-0.25, -0.2) is 0 Å². The molecule has 2 nitrogen and oxygen atoms in total. The molecule has 1 heterocycles. The number of methoxy groups -OCH3 is 1. The van der Waals surface area contributed by atoms with E-state index in [0.29, 0.717) is 0 Å². The fourth-order valence-electron chi connectivity index (χ4n) is 1.62. The molecule has 0 aliphatic carbocycles. The van der Waals surface area contributed by atoms with Crippen molar-refractivity contribution < 1.29 is 4.74 Å². The highest BCUT2D eigenvalue weighted by molar-refractivity contribution is 9.10. The van der Waals surface area contributed by atoms with Crippen LogP contribution in [-0.2, 0) is 11.2 Å². The Hall–Kier alpha value is -1.61. The summed E-state index contributed by atoms with van der Waals surface area (Å²) in [4.78, 5) is 4.47. The second kappa shape index (κ2) is 6.36. The zero-order valence-electron chi connectivity index (χ0n) is 10.1. The largest absolute Gasteiger partial charge is 0.505 e. The third kappa shape index (κ3) is 3.44. The second-order valence-corrected chi connectivity index (χ2v) is 4.79. The molecule has 0 amide bonds. The normalized spacial score (nSPS) is 10.8. The van der Waals surface area contributed by atoms with Crippen LogP contribution in [0.1, 0.15) is 5.56 Å². The molecule has 0 saturated carbocycles. The smallest absolute Gasteiger partial charge is 0.0788 e. The van der Waals surface area contributed by atoms with Crippen molar-refractivity contribution in [2.45, 2.75) is 6.42 Å². The summed E-state index contributed by atoms with van der Waals surface area (Å²) in [6, 6.07) is 12.3. The number of allylic oxidation sites excluding steroid dienone is 1. The predicted octanol–water partition coefficient (Wildman–Crippen LogP) is 4.21. The maximum absolute atomic E-state index is 4.86. The van der Waals surface area contributed by atoms with Crippen LogP contribution in [-0.4, -0.2) is 12.1 Å². The van der Waals surface area contributed by atoms with Crippen molar-refractivity contribution in [3.63, 3.8) is 0 Å². The number of rotatable bonds is 4. The van der Waals surface area contributed by atoms with Gasteiger partial charge < -0.3 is 4.74 Å². The summed E-state index contributed by atoms with van der Waals surface area (Å²) < 4.78 is 5.94. The van der Waals surface area contributed by atoms with Gasteiger partial charge in [-0.15, -0.1) is 0 Å². The standard InChI is InChI=1S/C15H14BrNO/c1-18-10-2-3-12-4-9-15(17-11-12)13-5-7-14(16)8-6-13/h2,4-11H,3H2,1H3. The molecule has 0 fully saturated rings. The fraction of sp³-hybridized carbons (Fsp3) is 0.133. The van der Waals surface area contributed by atoms with Crippen LogP contribution in [0.4, 0.5) is 0 Å².